The number of rotatable bonds is 20. The van der Waals surface area contributed by atoms with E-state index in [1.807, 2.05) is 19.9 Å². The zero-order valence-electron chi connectivity index (χ0n) is 40.8. The first-order valence-corrected chi connectivity index (χ1v) is 27.9. The van der Waals surface area contributed by atoms with Crippen LogP contribution >= 0.6 is 15.2 Å². The molecule has 22 heteroatoms. The van der Waals surface area contributed by atoms with Gasteiger partial charge in [-0.3, -0.25) is 18.7 Å². The van der Waals surface area contributed by atoms with Crippen LogP contribution < -0.4 is 14.2 Å². The van der Waals surface area contributed by atoms with Crippen LogP contribution in [0, 0.1) is 25.2 Å². The summed E-state index contributed by atoms with van der Waals surface area (Å²) in [6, 6.07) is 2.67. The molecule has 2 aromatic carbocycles. The van der Waals surface area contributed by atoms with E-state index in [1.54, 1.807) is 33.1 Å². The molecule has 0 aromatic heterocycles. The number of hydrogen-bond donors (Lipinski definition) is 3. The van der Waals surface area contributed by atoms with Gasteiger partial charge in [-0.25, -0.2) is 9.59 Å². The highest BCUT2D eigenvalue weighted by Gasteiger charge is 2.41. The van der Waals surface area contributed by atoms with Gasteiger partial charge in [-0.1, -0.05) is 50.4 Å². The van der Waals surface area contributed by atoms with Crippen LogP contribution in [0.2, 0.25) is 25.7 Å². The third kappa shape index (κ3) is 15.3. The summed E-state index contributed by atoms with van der Waals surface area (Å²) in [6.45, 7) is 16.0. The highest BCUT2D eigenvalue weighted by molar-refractivity contribution is 7.55. The Morgan fingerprint density at radius 3 is 1.60 bits per heavy atom. The van der Waals surface area contributed by atoms with Crippen molar-refractivity contribution in [3.63, 3.8) is 0 Å². The summed E-state index contributed by atoms with van der Waals surface area (Å²) in [6.07, 6.45) is 3.86. The summed E-state index contributed by atoms with van der Waals surface area (Å²) < 4.78 is 71.7. The number of esters is 4. The van der Waals surface area contributed by atoms with Crippen molar-refractivity contribution in [2.24, 2.45) is 0 Å². The highest BCUT2D eigenvalue weighted by Crippen LogP contribution is 2.54. The first kappa shape index (κ1) is 61.0. The number of cyclic esters (lactones) is 2. The van der Waals surface area contributed by atoms with E-state index in [2.05, 4.69) is 24.4 Å². The van der Waals surface area contributed by atoms with Gasteiger partial charge in [-0.15, -0.1) is 0 Å². The average molecular weight is 1010 g/mol. The second-order valence-electron chi connectivity index (χ2n) is 16.7. The van der Waals surface area contributed by atoms with Gasteiger partial charge in [0.2, 0.25) is 0 Å². The Bertz CT molecular complexity index is 2350. The number of methoxy groups -OCH3 is 4. The van der Waals surface area contributed by atoms with E-state index >= 15 is 0 Å². The molecule has 380 valence electrons. The third-order valence-electron chi connectivity index (χ3n) is 11.0. The molecule has 68 heavy (non-hydrogen) atoms. The monoisotopic (exact) mass is 1010 g/mol. The van der Waals surface area contributed by atoms with E-state index in [-0.39, 0.29) is 51.2 Å². The summed E-state index contributed by atoms with van der Waals surface area (Å²) in [5.41, 5.74) is 2.99. The number of fused-ring (bicyclic) bond motifs is 2. The van der Waals surface area contributed by atoms with Gasteiger partial charge in [-0.05, 0) is 70.5 Å². The van der Waals surface area contributed by atoms with Crippen LogP contribution in [-0.2, 0) is 72.8 Å². The van der Waals surface area contributed by atoms with Gasteiger partial charge in [-0.2, -0.15) is 5.26 Å². The molecule has 2 atom stereocenters. The van der Waals surface area contributed by atoms with Crippen LogP contribution in [0.4, 0.5) is 0 Å². The minimum atomic E-state index is -4.70. The van der Waals surface area contributed by atoms with E-state index < -0.39 is 58.5 Å². The van der Waals surface area contributed by atoms with Crippen molar-refractivity contribution in [1.82, 2.24) is 0 Å². The molecule has 0 fully saturated rings. The molecule has 0 spiro atoms. The van der Waals surface area contributed by atoms with Crippen molar-refractivity contribution in [1.29, 1.82) is 5.26 Å². The predicted molar refractivity (Wildman–Crippen MR) is 256 cm³/mol. The maximum Gasteiger partial charge on any atom is 0.344 e. The Labute approximate surface area is 400 Å². The van der Waals surface area contributed by atoms with Crippen molar-refractivity contribution >= 4 is 47.1 Å². The van der Waals surface area contributed by atoms with Crippen LogP contribution in [0.15, 0.2) is 23.3 Å². The minimum Gasteiger partial charge on any atom is -0.507 e. The van der Waals surface area contributed by atoms with E-state index in [0.717, 1.165) is 35.4 Å². The Morgan fingerprint density at radius 2 is 1.18 bits per heavy atom. The van der Waals surface area contributed by atoms with Gasteiger partial charge in [0.1, 0.15) is 47.3 Å². The van der Waals surface area contributed by atoms with Crippen LogP contribution in [-0.4, -0.2) is 107 Å². The molecule has 0 saturated carbocycles. The second kappa shape index (κ2) is 26.7. The molecule has 0 amide bonds. The molecule has 0 radical (unpaired) electrons. The molecule has 2 aromatic rings. The van der Waals surface area contributed by atoms with Crippen LogP contribution in [0.1, 0.15) is 95.1 Å². The lowest BCUT2D eigenvalue weighted by Crippen LogP contribution is -2.24. The highest BCUT2D eigenvalue weighted by atomic mass is 31.2. The minimum absolute atomic E-state index is 0. The van der Waals surface area contributed by atoms with Crippen molar-refractivity contribution in [2.75, 3.05) is 49.3 Å². The summed E-state index contributed by atoms with van der Waals surface area (Å²) >= 11 is 0. The second-order valence-corrected chi connectivity index (χ2v) is 26.5. The third-order valence-corrected chi connectivity index (χ3v) is 16.0. The van der Waals surface area contributed by atoms with Gasteiger partial charge in [0.05, 0.1) is 41.1 Å². The molecule has 2 aliphatic rings. The smallest absolute Gasteiger partial charge is 0.344 e. The lowest BCUT2D eigenvalue weighted by molar-refractivity contribution is -0.141. The maximum atomic E-state index is 13.0. The maximum absolute atomic E-state index is 13.0. The molecule has 2 unspecified atom stereocenters. The molecule has 0 bridgehead atoms. The molecular weight excluding hydrogens is 945 g/mol. The quantitative estimate of drug-likeness (QED) is 0.0369. The summed E-state index contributed by atoms with van der Waals surface area (Å²) in [5.74, 6) is -1.46. The van der Waals surface area contributed by atoms with Gasteiger partial charge < -0.3 is 57.1 Å². The van der Waals surface area contributed by atoms with Crippen molar-refractivity contribution in [2.45, 2.75) is 118 Å². The number of nitrogens with zero attached hydrogens (tertiary/aromatic N) is 1. The van der Waals surface area contributed by atoms with Gasteiger partial charge in [0.25, 0.3) is 0 Å². The Kier molecular flexibility index (Phi) is 23.9. The van der Waals surface area contributed by atoms with Gasteiger partial charge in [0, 0.05) is 51.5 Å². The molecule has 0 aliphatic carbocycles. The average Bonchev–Trinajstić information content (AvgIpc) is 3.86. The number of benzene rings is 2. The standard InChI is InChI=1S/C25H39O9PSi.C18H23O9P.C2H3N.CH4/c1-16(14-20(24(26)30-4)35(28,31-5)32-6)10-11-18-22(29-3)17(2)19-15-34-25(27)21(19)23(18)33-12-13-36(7,8)9;1-9(7-13(17(20)26-4)28(22,23)24)5-6-11-15(19)14-12(8-27-18(14)21)10(2)16(11)25-3;1-2-3;/h10,20H,11-15H2,1-9H3;5,13,19H,6-8H2,1-4H3,(H2,22,23,24);1H3;1H4/b16-10+;9-5+;;. The fraction of sp³-hybridized carbons (Fsp3) is 0.543. The lowest BCUT2D eigenvalue weighted by atomic mass is 9.94. The van der Waals surface area contributed by atoms with E-state index in [9.17, 15) is 43.2 Å². The molecule has 2 heterocycles. The van der Waals surface area contributed by atoms with Crippen LogP contribution in [0.3, 0.4) is 0 Å². The summed E-state index contributed by atoms with van der Waals surface area (Å²) in [4.78, 5) is 67.4. The van der Waals surface area contributed by atoms with Crippen molar-refractivity contribution in [3.8, 4) is 29.1 Å². The van der Waals surface area contributed by atoms with E-state index in [1.165, 1.54) is 35.4 Å². The van der Waals surface area contributed by atoms with E-state index in [0.29, 0.717) is 58.1 Å². The van der Waals surface area contributed by atoms with Crippen LogP contribution in [0.25, 0.3) is 0 Å². The number of nitriles is 1. The number of hydrogen-bond acceptors (Lipinski definition) is 17. The van der Waals surface area contributed by atoms with Gasteiger partial charge >= 0.3 is 39.1 Å². The molecule has 3 N–H and O–H groups in total. The largest absolute Gasteiger partial charge is 0.507 e. The number of carbonyl (C=O) groups excluding carboxylic acids is 4. The first-order valence-electron chi connectivity index (χ1n) is 20.9. The normalized spacial score (nSPS) is 14.2. The lowest BCUT2D eigenvalue weighted by Gasteiger charge is -2.23. The fourth-order valence-corrected chi connectivity index (χ4v) is 10.4. The fourth-order valence-electron chi connectivity index (χ4n) is 7.25. The molecule has 2 aliphatic heterocycles. The number of phenols is 1. The SMILES string of the molecule is C.CC#N.COC(=O)C(C/C(C)=C/Cc1c(O)c2c(c(C)c1OC)COC2=O)P(=O)(O)O.COC(=O)C(C/C(C)=C/Cc1c(OC)c(C)c2c(c1OCC[Si](C)(C)C)C(=O)OC2)P(=O)(OC)OC. The topological polar surface area (TPSA) is 270 Å². The first-order chi connectivity index (χ1) is 31.3. The zero-order chi connectivity index (χ0) is 51.2. The number of ether oxygens (including phenoxy) is 7. The Hall–Kier alpha value is -4.99. The molecule has 0 saturated heterocycles. The number of carbonyl (C=O) groups is 4. The Balaban J connectivity index is 0.000000650. The van der Waals surface area contributed by atoms with Crippen LogP contribution in [0.5, 0.6) is 23.0 Å². The Morgan fingerprint density at radius 1 is 0.765 bits per heavy atom. The molecule has 19 nitrogen and oxygen atoms in total. The molecular formula is C46H69NO18P2Si. The van der Waals surface area contributed by atoms with Crippen molar-refractivity contribution in [3.05, 3.63) is 67.8 Å². The summed E-state index contributed by atoms with van der Waals surface area (Å²) in [7, 11) is -2.02. The van der Waals surface area contributed by atoms with Gasteiger partial charge in [0.15, 0.2) is 11.3 Å². The molecule has 4 rings (SSSR count). The summed E-state index contributed by atoms with van der Waals surface area (Å²) in [5, 5.41) is 17.9. The predicted octanol–water partition coefficient (Wildman–Crippen LogP) is 8.44. The zero-order valence-corrected chi connectivity index (χ0v) is 43.6. The van der Waals surface area contributed by atoms with E-state index in [4.69, 9.17) is 42.7 Å². The van der Waals surface area contributed by atoms with Crippen molar-refractivity contribution < 1.29 is 85.4 Å². The number of phenolic OH excluding ortho intramolecular Hbond substituents is 1. The number of allylic oxidation sites excluding steroid dienone is 4. The number of aromatic hydroxyl groups is 1.